The molecule has 23 heavy (non-hydrogen) atoms. The molecule has 0 bridgehead atoms. The van der Waals surface area contributed by atoms with Crippen molar-refractivity contribution >= 4 is 11.9 Å². The normalized spacial score (nSPS) is 18.1. The first kappa shape index (κ1) is 15.5. The number of nitrogens with two attached hydrogens (primary N) is 1. The Kier molecular flexibility index (Phi) is 4.07. The van der Waals surface area contributed by atoms with Gasteiger partial charge in [0.05, 0.1) is 11.3 Å². The van der Waals surface area contributed by atoms with Crippen molar-refractivity contribution in [3.63, 3.8) is 0 Å². The molecule has 0 spiro atoms. The highest BCUT2D eigenvalue weighted by Gasteiger charge is 2.33. The van der Waals surface area contributed by atoms with E-state index in [1.54, 1.807) is 12.1 Å². The zero-order chi connectivity index (χ0) is 16.4. The molecule has 3 rings (SSSR count). The summed E-state index contributed by atoms with van der Waals surface area (Å²) < 4.78 is 39.6. The van der Waals surface area contributed by atoms with Gasteiger partial charge in [0, 0.05) is 29.4 Å². The van der Waals surface area contributed by atoms with Gasteiger partial charge in [-0.25, -0.2) is 0 Å². The maximum absolute atomic E-state index is 13.2. The standard InChI is InChI=1S/C17H16F3N3/c18-17(19,20)14-4-2-1-3-13(14)16-10-12(21)9-15(23-16)11-5-7-22-8-6-11/h1-4,7,9-11H,5-6,8H2,(H2,21,23). The smallest absolute Gasteiger partial charge is 0.399 e. The van der Waals surface area contributed by atoms with Crippen LogP contribution in [0.5, 0.6) is 0 Å². The van der Waals surface area contributed by atoms with Gasteiger partial charge in [0.2, 0.25) is 0 Å². The maximum Gasteiger partial charge on any atom is 0.417 e. The van der Waals surface area contributed by atoms with Crippen LogP contribution in [0, 0.1) is 0 Å². The first-order valence-electron chi connectivity index (χ1n) is 7.37. The molecule has 0 fully saturated rings. The topological polar surface area (TPSA) is 51.3 Å². The van der Waals surface area contributed by atoms with E-state index in [0.717, 1.165) is 24.6 Å². The number of anilines is 1. The number of aromatic nitrogens is 1. The summed E-state index contributed by atoms with van der Waals surface area (Å²) in [5.74, 6) is 0.146. The van der Waals surface area contributed by atoms with E-state index < -0.39 is 11.7 Å². The number of halogens is 3. The molecule has 1 aliphatic rings. The van der Waals surface area contributed by atoms with Crippen LogP contribution in [0.3, 0.4) is 0 Å². The molecule has 2 aromatic rings. The van der Waals surface area contributed by atoms with Crippen LogP contribution in [0.2, 0.25) is 0 Å². The third-order valence-electron chi connectivity index (χ3n) is 3.92. The van der Waals surface area contributed by atoms with E-state index in [1.807, 2.05) is 6.21 Å². The van der Waals surface area contributed by atoms with E-state index in [2.05, 4.69) is 9.98 Å². The summed E-state index contributed by atoms with van der Waals surface area (Å²) in [7, 11) is 0. The molecule has 2 heterocycles. The number of hydrogen-bond acceptors (Lipinski definition) is 3. The van der Waals surface area contributed by atoms with Crippen LogP contribution in [-0.2, 0) is 6.18 Å². The van der Waals surface area contributed by atoms with Crippen molar-refractivity contribution in [3.8, 4) is 11.3 Å². The molecule has 2 N–H and O–H groups in total. The summed E-state index contributed by atoms with van der Waals surface area (Å²) in [5.41, 5.74) is 6.67. The van der Waals surface area contributed by atoms with Crippen LogP contribution >= 0.6 is 0 Å². The van der Waals surface area contributed by atoms with Gasteiger partial charge in [0.15, 0.2) is 0 Å². The van der Waals surface area contributed by atoms with Crippen molar-refractivity contribution in [1.82, 2.24) is 4.98 Å². The van der Waals surface area contributed by atoms with Gasteiger partial charge in [0.25, 0.3) is 0 Å². The third kappa shape index (κ3) is 3.36. The summed E-state index contributed by atoms with van der Waals surface area (Å²) in [5, 5.41) is 0. The molecule has 1 atom stereocenters. The number of nitrogens with zero attached hydrogens (tertiary/aromatic N) is 2. The largest absolute Gasteiger partial charge is 0.417 e. The number of rotatable bonds is 2. The lowest BCUT2D eigenvalue weighted by Gasteiger charge is -2.19. The number of nitrogen functional groups attached to an aromatic ring is 1. The molecule has 0 amide bonds. The van der Waals surface area contributed by atoms with Gasteiger partial charge in [-0.15, -0.1) is 0 Å². The van der Waals surface area contributed by atoms with Crippen LogP contribution in [-0.4, -0.2) is 17.7 Å². The first-order valence-corrected chi connectivity index (χ1v) is 7.37. The van der Waals surface area contributed by atoms with E-state index in [1.165, 1.54) is 18.2 Å². The molecule has 1 unspecified atom stereocenters. The predicted molar refractivity (Wildman–Crippen MR) is 84.4 cm³/mol. The summed E-state index contributed by atoms with van der Waals surface area (Å²) in [6.07, 6.45) is -1.03. The Hall–Kier alpha value is -2.37. The third-order valence-corrected chi connectivity index (χ3v) is 3.92. The highest BCUT2D eigenvalue weighted by Crippen LogP contribution is 2.37. The van der Waals surface area contributed by atoms with E-state index in [9.17, 15) is 13.2 Å². The van der Waals surface area contributed by atoms with Crippen molar-refractivity contribution in [3.05, 3.63) is 47.7 Å². The molecule has 1 aromatic heterocycles. The number of hydrogen-bond donors (Lipinski definition) is 1. The summed E-state index contributed by atoms with van der Waals surface area (Å²) in [6.45, 7) is 0.704. The predicted octanol–water partition coefficient (Wildman–Crippen LogP) is 4.30. The summed E-state index contributed by atoms with van der Waals surface area (Å²) in [4.78, 5) is 8.63. The zero-order valence-electron chi connectivity index (χ0n) is 12.3. The van der Waals surface area contributed by atoms with Crippen molar-refractivity contribution in [2.45, 2.75) is 24.9 Å². The van der Waals surface area contributed by atoms with Gasteiger partial charge in [0.1, 0.15) is 0 Å². The van der Waals surface area contributed by atoms with Crippen LogP contribution in [0.1, 0.15) is 30.0 Å². The molecule has 0 saturated heterocycles. The number of benzene rings is 1. The molecule has 120 valence electrons. The Bertz CT molecular complexity index is 738. The fourth-order valence-electron chi connectivity index (χ4n) is 2.78. The number of alkyl halides is 3. The van der Waals surface area contributed by atoms with Gasteiger partial charge in [-0.05, 0) is 37.3 Å². The second-order valence-electron chi connectivity index (χ2n) is 5.56. The van der Waals surface area contributed by atoms with Gasteiger partial charge in [-0.1, -0.05) is 18.2 Å². The Morgan fingerprint density at radius 1 is 1.13 bits per heavy atom. The fourth-order valence-corrected chi connectivity index (χ4v) is 2.78. The molecule has 0 aliphatic carbocycles. The average Bonchev–Trinajstić information content (AvgIpc) is 2.54. The highest BCUT2D eigenvalue weighted by molar-refractivity contribution is 5.68. The lowest BCUT2D eigenvalue weighted by atomic mass is 9.94. The lowest BCUT2D eigenvalue weighted by molar-refractivity contribution is -0.137. The molecule has 6 heteroatoms. The maximum atomic E-state index is 13.2. The molecular weight excluding hydrogens is 303 g/mol. The first-order chi connectivity index (χ1) is 10.9. The van der Waals surface area contributed by atoms with Crippen molar-refractivity contribution in [2.24, 2.45) is 4.99 Å². The van der Waals surface area contributed by atoms with E-state index >= 15 is 0 Å². The minimum Gasteiger partial charge on any atom is -0.399 e. The summed E-state index contributed by atoms with van der Waals surface area (Å²) in [6, 6.07) is 8.66. The van der Waals surface area contributed by atoms with Crippen molar-refractivity contribution in [2.75, 3.05) is 12.3 Å². The Labute approximate surface area is 132 Å². The van der Waals surface area contributed by atoms with Crippen molar-refractivity contribution in [1.29, 1.82) is 0 Å². The van der Waals surface area contributed by atoms with E-state index in [4.69, 9.17) is 5.73 Å². The molecule has 1 aromatic carbocycles. The Morgan fingerprint density at radius 3 is 2.61 bits per heavy atom. The highest BCUT2D eigenvalue weighted by atomic mass is 19.4. The molecule has 1 aliphatic heterocycles. The molecular formula is C17H16F3N3. The monoisotopic (exact) mass is 319 g/mol. The van der Waals surface area contributed by atoms with Crippen LogP contribution < -0.4 is 5.73 Å². The fraction of sp³-hybridized carbons (Fsp3) is 0.294. The quantitative estimate of drug-likeness (QED) is 0.897. The van der Waals surface area contributed by atoms with Crippen LogP contribution in [0.15, 0.2) is 41.4 Å². The van der Waals surface area contributed by atoms with E-state index in [-0.39, 0.29) is 17.2 Å². The SMILES string of the molecule is Nc1cc(-c2ccccc2C(F)(F)F)nc(C2CC=NCC2)c1. The minimum absolute atomic E-state index is 0.0537. The lowest BCUT2D eigenvalue weighted by Crippen LogP contribution is -2.11. The zero-order valence-corrected chi connectivity index (χ0v) is 12.3. The van der Waals surface area contributed by atoms with Gasteiger partial charge in [-0.3, -0.25) is 9.98 Å². The van der Waals surface area contributed by atoms with Crippen molar-refractivity contribution < 1.29 is 13.2 Å². The summed E-state index contributed by atoms with van der Waals surface area (Å²) >= 11 is 0. The molecule has 0 radical (unpaired) electrons. The van der Waals surface area contributed by atoms with Crippen LogP contribution in [0.4, 0.5) is 18.9 Å². The van der Waals surface area contributed by atoms with Gasteiger partial charge in [-0.2, -0.15) is 13.2 Å². The second kappa shape index (κ2) is 6.02. The van der Waals surface area contributed by atoms with Crippen LogP contribution in [0.25, 0.3) is 11.3 Å². The second-order valence-corrected chi connectivity index (χ2v) is 5.56. The Balaban J connectivity index is 2.07. The molecule has 0 saturated carbocycles. The number of aliphatic imine (C=N–C) groups is 1. The minimum atomic E-state index is -4.43. The number of pyridine rings is 1. The van der Waals surface area contributed by atoms with Gasteiger partial charge >= 0.3 is 6.18 Å². The molecule has 3 nitrogen and oxygen atoms in total. The van der Waals surface area contributed by atoms with Gasteiger partial charge < -0.3 is 5.73 Å². The average molecular weight is 319 g/mol. The van der Waals surface area contributed by atoms with E-state index in [0.29, 0.717) is 12.2 Å². The Morgan fingerprint density at radius 2 is 1.91 bits per heavy atom.